The molecule has 0 unspecified atom stereocenters. The fraction of sp³-hybridized carbons (Fsp3) is 0.0476. The molecule has 0 amide bonds. The molecule has 0 saturated heterocycles. The summed E-state index contributed by atoms with van der Waals surface area (Å²) in [5.74, 6) is -1.25. The van der Waals surface area contributed by atoms with Gasteiger partial charge in [0.1, 0.15) is 0 Å². The summed E-state index contributed by atoms with van der Waals surface area (Å²) in [7, 11) is 0. The number of carbonyl (C=O) groups is 2. The van der Waals surface area contributed by atoms with Crippen molar-refractivity contribution < 1.29 is 14.7 Å². The van der Waals surface area contributed by atoms with Crippen molar-refractivity contribution in [3.63, 3.8) is 0 Å². The van der Waals surface area contributed by atoms with E-state index in [2.05, 4.69) is 0 Å². The molecule has 3 rings (SSSR count). The van der Waals surface area contributed by atoms with Crippen LogP contribution in [0.4, 0.5) is 0 Å². The summed E-state index contributed by atoms with van der Waals surface area (Å²) in [5, 5.41) is 12.5. The van der Waals surface area contributed by atoms with Gasteiger partial charge in [-0.15, -0.1) is 11.3 Å². The number of carboxylic acid groups (broad SMARTS) is 1. The zero-order valence-corrected chi connectivity index (χ0v) is 16.3. The van der Waals surface area contributed by atoms with E-state index in [1.807, 2.05) is 12.1 Å². The van der Waals surface area contributed by atoms with E-state index in [-0.39, 0.29) is 17.8 Å². The lowest BCUT2D eigenvalue weighted by atomic mass is 10.0. The summed E-state index contributed by atoms with van der Waals surface area (Å²) < 4.78 is 0. The van der Waals surface area contributed by atoms with Crippen LogP contribution in [0.1, 0.15) is 21.5 Å². The van der Waals surface area contributed by atoms with E-state index in [1.165, 1.54) is 17.4 Å². The molecule has 1 aromatic heterocycles. The lowest BCUT2D eigenvalue weighted by molar-refractivity contribution is -0.113. The standard InChI is InChI=1S/C21H14Cl2O3S/c22-16-8-5-14(6-9-16)20-19(21(25)26)15(12-27-20)11-17(24)10-7-13-3-1-2-4-18(13)23/h1-10,12H,11H2,(H,25,26)/b10-7+. The van der Waals surface area contributed by atoms with Crippen LogP contribution in [0.2, 0.25) is 10.0 Å². The number of hydrogen-bond donors (Lipinski definition) is 1. The molecule has 0 radical (unpaired) electrons. The van der Waals surface area contributed by atoms with Crippen molar-refractivity contribution in [3.05, 3.63) is 86.7 Å². The Balaban J connectivity index is 1.85. The van der Waals surface area contributed by atoms with Gasteiger partial charge in [-0.2, -0.15) is 0 Å². The molecule has 0 spiro atoms. The number of ketones is 1. The maximum absolute atomic E-state index is 12.3. The molecule has 3 nitrogen and oxygen atoms in total. The molecular weight excluding hydrogens is 403 g/mol. The largest absolute Gasteiger partial charge is 0.478 e. The molecule has 0 aliphatic heterocycles. The van der Waals surface area contributed by atoms with Gasteiger partial charge in [0, 0.05) is 21.3 Å². The van der Waals surface area contributed by atoms with Gasteiger partial charge in [-0.05, 0) is 52.4 Å². The van der Waals surface area contributed by atoms with Crippen LogP contribution >= 0.6 is 34.5 Å². The molecule has 0 atom stereocenters. The lowest BCUT2D eigenvalue weighted by Gasteiger charge is -2.03. The summed E-state index contributed by atoms with van der Waals surface area (Å²) in [4.78, 5) is 24.7. The van der Waals surface area contributed by atoms with Gasteiger partial charge in [0.2, 0.25) is 0 Å². The first-order valence-electron chi connectivity index (χ1n) is 8.00. The van der Waals surface area contributed by atoms with Crippen molar-refractivity contribution in [1.29, 1.82) is 0 Å². The zero-order chi connectivity index (χ0) is 19.4. The molecule has 27 heavy (non-hydrogen) atoms. The van der Waals surface area contributed by atoms with Gasteiger partial charge in [0.15, 0.2) is 5.78 Å². The van der Waals surface area contributed by atoms with Gasteiger partial charge in [0.05, 0.1) is 5.56 Å². The van der Waals surface area contributed by atoms with Crippen LogP contribution < -0.4 is 0 Å². The maximum atomic E-state index is 12.3. The monoisotopic (exact) mass is 416 g/mol. The third-order valence-electron chi connectivity index (χ3n) is 3.91. The van der Waals surface area contributed by atoms with E-state index >= 15 is 0 Å². The van der Waals surface area contributed by atoms with Gasteiger partial charge >= 0.3 is 5.97 Å². The quantitative estimate of drug-likeness (QED) is 0.483. The number of aromatic carboxylic acids is 1. The topological polar surface area (TPSA) is 54.4 Å². The van der Waals surface area contributed by atoms with Gasteiger partial charge < -0.3 is 5.11 Å². The fourth-order valence-corrected chi connectivity index (χ4v) is 4.01. The molecule has 0 aliphatic rings. The molecule has 0 aliphatic carbocycles. The van der Waals surface area contributed by atoms with Crippen molar-refractivity contribution in [2.45, 2.75) is 6.42 Å². The van der Waals surface area contributed by atoms with Crippen LogP contribution in [0.15, 0.2) is 60.0 Å². The minimum Gasteiger partial charge on any atom is -0.478 e. The first-order chi connectivity index (χ1) is 13.0. The van der Waals surface area contributed by atoms with Gasteiger partial charge in [0.25, 0.3) is 0 Å². The number of carboxylic acids is 1. The number of rotatable bonds is 6. The van der Waals surface area contributed by atoms with Crippen molar-refractivity contribution in [1.82, 2.24) is 0 Å². The molecule has 0 fully saturated rings. The maximum Gasteiger partial charge on any atom is 0.337 e. The number of benzene rings is 2. The Hall–Kier alpha value is -2.40. The lowest BCUT2D eigenvalue weighted by Crippen LogP contribution is -2.05. The summed E-state index contributed by atoms with van der Waals surface area (Å²) >= 11 is 13.3. The third kappa shape index (κ3) is 4.66. The summed E-state index contributed by atoms with van der Waals surface area (Å²) in [6.45, 7) is 0. The molecule has 6 heteroatoms. The van der Waals surface area contributed by atoms with Gasteiger partial charge in [-0.25, -0.2) is 4.79 Å². The van der Waals surface area contributed by atoms with Crippen LogP contribution in [0.5, 0.6) is 0 Å². The highest BCUT2D eigenvalue weighted by Gasteiger charge is 2.20. The van der Waals surface area contributed by atoms with Crippen molar-refractivity contribution in [3.8, 4) is 10.4 Å². The molecular formula is C21H14Cl2O3S. The molecule has 136 valence electrons. The fourth-order valence-electron chi connectivity index (χ4n) is 2.61. The smallest absolute Gasteiger partial charge is 0.337 e. The highest BCUT2D eigenvalue weighted by atomic mass is 35.5. The Bertz CT molecular complexity index is 1020. The number of allylic oxidation sites excluding steroid dienone is 1. The second-order valence-corrected chi connectivity index (χ2v) is 7.50. The van der Waals surface area contributed by atoms with Crippen LogP contribution in [0, 0.1) is 0 Å². The molecule has 0 saturated carbocycles. The predicted molar refractivity (Wildman–Crippen MR) is 111 cm³/mol. The number of carbonyl (C=O) groups excluding carboxylic acids is 1. The molecule has 1 N–H and O–H groups in total. The number of halogens is 2. The van der Waals surface area contributed by atoms with E-state index in [0.29, 0.717) is 20.5 Å². The minimum absolute atomic E-state index is 0.00662. The van der Waals surface area contributed by atoms with Crippen molar-refractivity contribution in [2.75, 3.05) is 0 Å². The predicted octanol–water partition coefficient (Wildman–Crippen LogP) is 6.25. The van der Waals surface area contributed by atoms with Gasteiger partial charge in [-0.3, -0.25) is 4.79 Å². The summed E-state index contributed by atoms with van der Waals surface area (Å²) in [5.41, 5.74) is 2.14. The highest BCUT2D eigenvalue weighted by molar-refractivity contribution is 7.14. The Labute approximate surface area is 170 Å². The van der Waals surface area contributed by atoms with E-state index < -0.39 is 5.97 Å². The van der Waals surface area contributed by atoms with E-state index in [0.717, 1.165) is 11.1 Å². The Morgan fingerprint density at radius 3 is 2.41 bits per heavy atom. The number of hydrogen-bond acceptors (Lipinski definition) is 3. The number of thiophene rings is 1. The normalized spacial score (nSPS) is 11.0. The summed E-state index contributed by atoms with van der Waals surface area (Å²) in [6.07, 6.45) is 3.07. The molecule has 1 heterocycles. The zero-order valence-electron chi connectivity index (χ0n) is 14.0. The Kier molecular flexibility index (Phi) is 6.11. The summed E-state index contributed by atoms with van der Waals surface area (Å²) in [6, 6.07) is 14.1. The average Bonchev–Trinajstić information content (AvgIpc) is 3.05. The highest BCUT2D eigenvalue weighted by Crippen LogP contribution is 2.34. The van der Waals surface area contributed by atoms with Crippen LogP contribution in [-0.4, -0.2) is 16.9 Å². The van der Waals surface area contributed by atoms with Crippen LogP contribution in [0.25, 0.3) is 16.5 Å². The van der Waals surface area contributed by atoms with Gasteiger partial charge in [-0.1, -0.05) is 53.5 Å². The molecule has 2 aromatic carbocycles. The third-order valence-corrected chi connectivity index (χ3v) is 5.58. The van der Waals surface area contributed by atoms with Crippen LogP contribution in [-0.2, 0) is 11.2 Å². The Morgan fingerprint density at radius 2 is 1.74 bits per heavy atom. The van der Waals surface area contributed by atoms with E-state index in [9.17, 15) is 14.7 Å². The molecule has 3 aromatic rings. The molecule has 0 bridgehead atoms. The SMILES string of the molecule is O=C(/C=C/c1ccccc1Cl)Cc1csc(-c2ccc(Cl)cc2)c1C(=O)O. The van der Waals surface area contributed by atoms with Crippen LogP contribution in [0.3, 0.4) is 0 Å². The average molecular weight is 417 g/mol. The van der Waals surface area contributed by atoms with E-state index in [4.69, 9.17) is 23.2 Å². The van der Waals surface area contributed by atoms with E-state index in [1.54, 1.807) is 47.9 Å². The first kappa shape index (κ1) is 19.4. The first-order valence-corrected chi connectivity index (χ1v) is 9.64. The second-order valence-electron chi connectivity index (χ2n) is 5.78. The van der Waals surface area contributed by atoms with Crippen molar-refractivity contribution >= 4 is 52.4 Å². The Morgan fingerprint density at radius 1 is 1.04 bits per heavy atom. The minimum atomic E-state index is -1.06. The van der Waals surface area contributed by atoms with Crippen molar-refractivity contribution in [2.24, 2.45) is 0 Å². The second kappa shape index (κ2) is 8.53.